The summed E-state index contributed by atoms with van der Waals surface area (Å²) in [5, 5.41) is 3.51. The van der Waals surface area contributed by atoms with Crippen LogP contribution in [0.1, 0.15) is 32.6 Å². The number of hydrogen-bond acceptors (Lipinski definition) is 2. The van der Waals surface area contributed by atoms with Gasteiger partial charge in [-0.25, -0.2) is 0 Å². The van der Waals surface area contributed by atoms with Gasteiger partial charge in [0, 0.05) is 13.2 Å². The maximum atomic E-state index is 5.58. The third-order valence-corrected chi connectivity index (χ3v) is 3.32. The van der Waals surface area contributed by atoms with Crippen molar-refractivity contribution in [1.82, 2.24) is 5.32 Å². The Bertz CT molecular complexity index is 146. The van der Waals surface area contributed by atoms with Gasteiger partial charge < -0.3 is 10.1 Å². The molecule has 2 heterocycles. The molecule has 2 fully saturated rings. The van der Waals surface area contributed by atoms with Crippen molar-refractivity contribution in [3.05, 3.63) is 0 Å². The van der Waals surface area contributed by atoms with Crippen LogP contribution >= 0.6 is 0 Å². The lowest BCUT2D eigenvalue weighted by Gasteiger charge is -2.43. The van der Waals surface area contributed by atoms with Crippen LogP contribution in [0.25, 0.3) is 0 Å². The average Bonchev–Trinajstić information content (AvgIpc) is 2.05. The van der Waals surface area contributed by atoms with Gasteiger partial charge in [-0.3, -0.25) is 0 Å². The molecule has 2 aliphatic rings. The van der Waals surface area contributed by atoms with Gasteiger partial charge in [0.15, 0.2) is 0 Å². The molecule has 1 N–H and O–H groups in total. The van der Waals surface area contributed by atoms with Gasteiger partial charge in [-0.2, -0.15) is 0 Å². The van der Waals surface area contributed by atoms with E-state index in [4.69, 9.17) is 4.74 Å². The Hall–Kier alpha value is -0.0800. The first-order chi connectivity index (χ1) is 5.81. The van der Waals surface area contributed by atoms with Crippen molar-refractivity contribution in [3.63, 3.8) is 0 Å². The lowest BCUT2D eigenvalue weighted by molar-refractivity contribution is -0.0474. The predicted octanol–water partition coefficient (Wildman–Crippen LogP) is 1.56. The maximum Gasteiger partial charge on any atom is 0.0552 e. The highest BCUT2D eigenvalue weighted by molar-refractivity contribution is 4.89. The van der Waals surface area contributed by atoms with Crippen LogP contribution < -0.4 is 5.32 Å². The second-order valence-electron chi connectivity index (χ2n) is 4.42. The zero-order chi connectivity index (χ0) is 8.44. The summed E-state index contributed by atoms with van der Waals surface area (Å²) in [7, 11) is 0. The summed E-state index contributed by atoms with van der Waals surface area (Å²) in [6.07, 6.45) is 5.78. The van der Waals surface area contributed by atoms with Gasteiger partial charge in [-0.1, -0.05) is 0 Å². The minimum atomic E-state index is 0.485. The van der Waals surface area contributed by atoms with Gasteiger partial charge in [-0.15, -0.1) is 0 Å². The summed E-state index contributed by atoms with van der Waals surface area (Å²) >= 11 is 0. The van der Waals surface area contributed by atoms with Crippen LogP contribution in [-0.4, -0.2) is 25.8 Å². The molecule has 0 bridgehead atoms. The molecule has 0 aromatic rings. The molecule has 1 spiro atoms. The maximum absolute atomic E-state index is 5.58. The molecule has 2 rings (SSSR count). The molecule has 2 nitrogen and oxygen atoms in total. The van der Waals surface area contributed by atoms with Crippen LogP contribution in [0.2, 0.25) is 0 Å². The monoisotopic (exact) mass is 169 g/mol. The molecule has 0 amide bonds. The smallest absolute Gasteiger partial charge is 0.0552 e. The van der Waals surface area contributed by atoms with Gasteiger partial charge in [0.05, 0.1) is 6.10 Å². The minimum Gasteiger partial charge on any atom is -0.378 e. The molecule has 2 atom stereocenters. The molecule has 2 saturated heterocycles. The van der Waals surface area contributed by atoms with E-state index in [0.717, 1.165) is 6.61 Å². The average molecular weight is 169 g/mol. The fourth-order valence-electron chi connectivity index (χ4n) is 2.67. The van der Waals surface area contributed by atoms with Crippen LogP contribution in [0.5, 0.6) is 0 Å². The van der Waals surface area contributed by atoms with E-state index in [1.54, 1.807) is 0 Å². The van der Waals surface area contributed by atoms with E-state index >= 15 is 0 Å². The second-order valence-corrected chi connectivity index (χ2v) is 4.42. The number of ether oxygens (including phenoxy) is 1. The van der Waals surface area contributed by atoms with E-state index in [9.17, 15) is 0 Å². The highest BCUT2D eigenvalue weighted by atomic mass is 16.5. The summed E-state index contributed by atoms with van der Waals surface area (Å²) < 4.78 is 5.58. The third-order valence-electron chi connectivity index (χ3n) is 3.32. The predicted molar refractivity (Wildman–Crippen MR) is 49.2 cm³/mol. The Balaban J connectivity index is 1.97. The Labute approximate surface area is 74.7 Å². The molecule has 0 aromatic carbocycles. The molecule has 0 radical (unpaired) electrons. The van der Waals surface area contributed by atoms with Crippen LogP contribution in [0.3, 0.4) is 0 Å². The van der Waals surface area contributed by atoms with Crippen molar-refractivity contribution in [2.45, 2.75) is 38.7 Å². The molecule has 12 heavy (non-hydrogen) atoms. The van der Waals surface area contributed by atoms with Gasteiger partial charge in [-0.05, 0) is 44.6 Å². The molecule has 2 unspecified atom stereocenters. The Morgan fingerprint density at radius 1 is 1.42 bits per heavy atom. The fraction of sp³-hybridized carbons (Fsp3) is 1.00. The van der Waals surface area contributed by atoms with Crippen molar-refractivity contribution in [2.24, 2.45) is 5.41 Å². The fourth-order valence-corrected chi connectivity index (χ4v) is 2.67. The molecular weight excluding hydrogens is 150 g/mol. The largest absolute Gasteiger partial charge is 0.378 e. The third kappa shape index (κ3) is 1.64. The number of piperidine rings is 1. The molecule has 2 heteroatoms. The quantitative estimate of drug-likeness (QED) is 0.594. The van der Waals surface area contributed by atoms with E-state index in [1.807, 2.05) is 0 Å². The van der Waals surface area contributed by atoms with E-state index < -0.39 is 0 Å². The molecule has 2 aliphatic heterocycles. The zero-order valence-electron chi connectivity index (χ0n) is 7.94. The summed E-state index contributed by atoms with van der Waals surface area (Å²) in [6.45, 7) is 5.62. The van der Waals surface area contributed by atoms with E-state index in [1.165, 1.54) is 38.8 Å². The normalized spacial score (nSPS) is 43.2. The van der Waals surface area contributed by atoms with Crippen LogP contribution in [-0.2, 0) is 4.74 Å². The highest BCUT2D eigenvalue weighted by Crippen LogP contribution is 2.38. The van der Waals surface area contributed by atoms with E-state index in [0.29, 0.717) is 11.5 Å². The van der Waals surface area contributed by atoms with Crippen molar-refractivity contribution in [1.29, 1.82) is 0 Å². The summed E-state index contributed by atoms with van der Waals surface area (Å²) in [4.78, 5) is 0. The molecule has 70 valence electrons. The van der Waals surface area contributed by atoms with E-state index in [-0.39, 0.29) is 0 Å². The van der Waals surface area contributed by atoms with Crippen LogP contribution in [0, 0.1) is 5.41 Å². The first-order valence-corrected chi connectivity index (χ1v) is 5.13. The SMILES string of the molecule is CC1CC2(CCCNC2)CCO1. The molecule has 0 aromatic heterocycles. The van der Waals surface area contributed by atoms with Gasteiger partial charge >= 0.3 is 0 Å². The minimum absolute atomic E-state index is 0.485. The van der Waals surface area contributed by atoms with Gasteiger partial charge in [0.25, 0.3) is 0 Å². The van der Waals surface area contributed by atoms with Crippen molar-refractivity contribution in [3.8, 4) is 0 Å². The summed E-state index contributed by atoms with van der Waals surface area (Å²) in [5.74, 6) is 0. The molecular formula is C10H19NO. The lowest BCUT2D eigenvalue weighted by Crippen LogP contribution is -2.45. The van der Waals surface area contributed by atoms with Crippen molar-refractivity contribution in [2.75, 3.05) is 19.7 Å². The lowest BCUT2D eigenvalue weighted by atomic mass is 9.73. The molecule has 0 aliphatic carbocycles. The Morgan fingerprint density at radius 2 is 2.33 bits per heavy atom. The van der Waals surface area contributed by atoms with E-state index in [2.05, 4.69) is 12.2 Å². The Morgan fingerprint density at radius 3 is 3.00 bits per heavy atom. The summed E-state index contributed by atoms with van der Waals surface area (Å²) in [6, 6.07) is 0. The standard InChI is InChI=1S/C10H19NO/c1-9-7-10(4-6-12-9)3-2-5-11-8-10/h9,11H,2-8H2,1H3. The first kappa shape index (κ1) is 8.52. The Kier molecular flexibility index (Phi) is 2.37. The number of hydrogen-bond donors (Lipinski definition) is 1. The van der Waals surface area contributed by atoms with Crippen LogP contribution in [0.4, 0.5) is 0 Å². The van der Waals surface area contributed by atoms with Crippen molar-refractivity contribution >= 4 is 0 Å². The first-order valence-electron chi connectivity index (χ1n) is 5.13. The number of rotatable bonds is 0. The van der Waals surface area contributed by atoms with Crippen molar-refractivity contribution < 1.29 is 4.74 Å². The molecule has 0 saturated carbocycles. The van der Waals surface area contributed by atoms with Gasteiger partial charge in [0.1, 0.15) is 0 Å². The van der Waals surface area contributed by atoms with Crippen LogP contribution in [0.15, 0.2) is 0 Å². The topological polar surface area (TPSA) is 21.3 Å². The second kappa shape index (κ2) is 3.35. The van der Waals surface area contributed by atoms with Gasteiger partial charge in [0.2, 0.25) is 0 Å². The number of nitrogens with one attached hydrogen (secondary N) is 1. The highest BCUT2D eigenvalue weighted by Gasteiger charge is 2.36. The zero-order valence-corrected chi connectivity index (χ0v) is 7.94. The summed E-state index contributed by atoms with van der Waals surface area (Å²) in [5.41, 5.74) is 0.593.